The highest BCUT2D eigenvalue weighted by Gasteiger charge is 2.32. The fourth-order valence-electron chi connectivity index (χ4n) is 4.50. The molecule has 0 atom stereocenters. The lowest BCUT2D eigenvalue weighted by molar-refractivity contribution is -0.135. The highest BCUT2D eigenvalue weighted by Crippen LogP contribution is 2.31. The maximum absolute atomic E-state index is 13.2. The molecule has 2 fully saturated rings. The Morgan fingerprint density at radius 1 is 0.964 bits per heavy atom. The Labute approximate surface area is 170 Å². The van der Waals surface area contributed by atoms with Gasteiger partial charge in [-0.15, -0.1) is 10.2 Å². The minimum Gasteiger partial charge on any atom is -0.411 e. The number of hydrogen-bond donors (Lipinski definition) is 0. The molecule has 2 heterocycles. The molecule has 2 aliphatic carbocycles. The van der Waals surface area contributed by atoms with Crippen molar-refractivity contribution >= 4 is 17.7 Å². The first-order valence-corrected chi connectivity index (χ1v) is 11.5. The van der Waals surface area contributed by atoms with Gasteiger partial charge in [0.1, 0.15) is 0 Å². The summed E-state index contributed by atoms with van der Waals surface area (Å²) in [6.45, 7) is 0. The van der Waals surface area contributed by atoms with Gasteiger partial charge in [-0.3, -0.25) is 9.78 Å². The molecule has 7 heteroatoms. The van der Waals surface area contributed by atoms with Gasteiger partial charge in [-0.05, 0) is 37.8 Å². The first-order chi connectivity index (χ1) is 13.8. The third kappa shape index (κ3) is 4.74. The smallest absolute Gasteiger partial charge is 0.277 e. The number of aromatic nitrogens is 3. The number of carbonyl (C=O) groups is 1. The Morgan fingerprint density at radius 2 is 1.57 bits per heavy atom. The normalized spacial score (nSPS) is 18.9. The molecule has 0 saturated heterocycles. The summed E-state index contributed by atoms with van der Waals surface area (Å²) in [6.07, 6.45) is 15.6. The van der Waals surface area contributed by atoms with E-state index in [2.05, 4.69) is 20.1 Å². The van der Waals surface area contributed by atoms with Gasteiger partial charge in [0.2, 0.25) is 11.8 Å². The van der Waals surface area contributed by atoms with Crippen LogP contribution in [-0.4, -0.2) is 43.8 Å². The Balaban J connectivity index is 1.40. The van der Waals surface area contributed by atoms with E-state index >= 15 is 0 Å². The summed E-state index contributed by atoms with van der Waals surface area (Å²) in [4.78, 5) is 19.4. The molecule has 0 aromatic carbocycles. The van der Waals surface area contributed by atoms with Crippen molar-refractivity contribution in [3.05, 3.63) is 24.5 Å². The fraction of sp³-hybridized carbons (Fsp3) is 0.619. The van der Waals surface area contributed by atoms with Crippen molar-refractivity contribution in [3.63, 3.8) is 0 Å². The minimum atomic E-state index is 0.229. The van der Waals surface area contributed by atoms with E-state index in [-0.39, 0.29) is 5.91 Å². The average Bonchev–Trinajstić information content (AvgIpc) is 3.24. The Bertz CT molecular complexity index is 737. The third-order valence-electron chi connectivity index (χ3n) is 5.88. The van der Waals surface area contributed by atoms with Crippen LogP contribution in [0.3, 0.4) is 0 Å². The van der Waals surface area contributed by atoms with Crippen LogP contribution in [0.4, 0.5) is 0 Å². The van der Waals surface area contributed by atoms with Crippen LogP contribution in [0.25, 0.3) is 11.5 Å². The van der Waals surface area contributed by atoms with Crippen LogP contribution in [-0.2, 0) is 4.79 Å². The van der Waals surface area contributed by atoms with Gasteiger partial charge in [0.25, 0.3) is 5.22 Å². The first kappa shape index (κ1) is 19.4. The monoisotopic (exact) mass is 400 g/mol. The third-order valence-corrected chi connectivity index (χ3v) is 6.68. The molecule has 0 radical (unpaired) electrons. The number of nitrogens with zero attached hydrogens (tertiary/aromatic N) is 4. The zero-order valence-electron chi connectivity index (χ0n) is 16.3. The zero-order valence-corrected chi connectivity index (χ0v) is 17.1. The van der Waals surface area contributed by atoms with E-state index in [0.29, 0.717) is 29.0 Å². The molecule has 1 amide bonds. The zero-order chi connectivity index (χ0) is 19.2. The highest BCUT2D eigenvalue weighted by atomic mass is 32.2. The SMILES string of the molecule is O=C(CSc1nnc(-c2ccncc2)o1)N(C1CCCCC1)C1CCCCC1. The van der Waals surface area contributed by atoms with Gasteiger partial charge in [-0.2, -0.15) is 0 Å². The molecule has 2 saturated carbocycles. The van der Waals surface area contributed by atoms with Crippen LogP contribution >= 0.6 is 11.8 Å². The van der Waals surface area contributed by atoms with Crippen LogP contribution in [0.15, 0.2) is 34.2 Å². The summed E-state index contributed by atoms with van der Waals surface area (Å²) in [6, 6.07) is 4.50. The molecule has 28 heavy (non-hydrogen) atoms. The molecular formula is C21H28N4O2S. The predicted octanol–water partition coefficient (Wildman–Crippen LogP) is 4.72. The van der Waals surface area contributed by atoms with Gasteiger partial charge in [-0.25, -0.2) is 0 Å². The summed E-state index contributed by atoms with van der Waals surface area (Å²) < 4.78 is 5.73. The van der Waals surface area contributed by atoms with Crippen molar-refractivity contribution in [2.24, 2.45) is 0 Å². The maximum Gasteiger partial charge on any atom is 0.277 e. The van der Waals surface area contributed by atoms with Gasteiger partial charge in [0.15, 0.2) is 0 Å². The number of carbonyl (C=O) groups excluding carboxylic acids is 1. The molecular weight excluding hydrogens is 372 g/mol. The lowest BCUT2D eigenvalue weighted by Gasteiger charge is -2.41. The van der Waals surface area contributed by atoms with E-state index < -0.39 is 0 Å². The lowest BCUT2D eigenvalue weighted by Crippen LogP contribution is -2.49. The molecule has 0 aliphatic heterocycles. The Hall–Kier alpha value is -1.89. The summed E-state index contributed by atoms with van der Waals surface area (Å²) in [5.41, 5.74) is 0.840. The van der Waals surface area contributed by atoms with Gasteiger partial charge in [0.05, 0.1) is 5.75 Å². The summed E-state index contributed by atoms with van der Waals surface area (Å²) in [5.74, 6) is 1.06. The minimum absolute atomic E-state index is 0.229. The molecule has 4 rings (SSSR count). The van der Waals surface area contributed by atoms with Crippen molar-refractivity contribution < 1.29 is 9.21 Å². The average molecular weight is 401 g/mol. The van der Waals surface area contributed by atoms with E-state index in [9.17, 15) is 4.79 Å². The molecule has 2 aliphatic rings. The van der Waals surface area contributed by atoms with Gasteiger partial charge in [-0.1, -0.05) is 50.3 Å². The summed E-state index contributed by atoms with van der Waals surface area (Å²) in [5, 5.41) is 8.65. The summed E-state index contributed by atoms with van der Waals surface area (Å²) >= 11 is 1.35. The van der Waals surface area contributed by atoms with Gasteiger partial charge >= 0.3 is 0 Å². The van der Waals surface area contributed by atoms with Crippen molar-refractivity contribution in [2.45, 2.75) is 81.5 Å². The number of rotatable bonds is 6. The van der Waals surface area contributed by atoms with Crippen LogP contribution < -0.4 is 0 Å². The van der Waals surface area contributed by atoms with Crippen LogP contribution in [0.5, 0.6) is 0 Å². The van der Waals surface area contributed by atoms with Crippen molar-refractivity contribution in [3.8, 4) is 11.5 Å². The second-order valence-corrected chi connectivity index (χ2v) is 8.71. The molecule has 0 unspecified atom stereocenters. The second kappa shape index (κ2) is 9.54. The lowest BCUT2D eigenvalue weighted by atomic mass is 9.88. The van der Waals surface area contributed by atoms with Crippen LogP contribution in [0.2, 0.25) is 0 Å². The first-order valence-electron chi connectivity index (χ1n) is 10.5. The molecule has 6 nitrogen and oxygen atoms in total. The number of amides is 1. The highest BCUT2D eigenvalue weighted by molar-refractivity contribution is 7.99. The van der Waals surface area contributed by atoms with Crippen LogP contribution in [0, 0.1) is 0 Å². The number of thioether (sulfide) groups is 1. The topological polar surface area (TPSA) is 72.1 Å². The quantitative estimate of drug-likeness (QED) is 0.654. The van der Waals surface area contributed by atoms with E-state index in [0.717, 1.165) is 31.2 Å². The van der Waals surface area contributed by atoms with E-state index in [4.69, 9.17) is 4.42 Å². The Morgan fingerprint density at radius 3 is 2.18 bits per heavy atom. The largest absolute Gasteiger partial charge is 0.411 e. The number of hydrogen-bond acceptors (Lipinski definition) is 6. The predicted molar refractivity (Wildman–Crippen MR) is 109 cm³/mol. The van der Waals surface area contributed by atoms with Crippen molar-refractivity contribution in [1.82, 2.24) is 20.1 Å². The van der Waals surface area contributed by atoms with Crippen molar-refractivity contribution in [1.29, 1.82) is 0 Å². The van der Waals surface area contributed by atoms with E-state index in [1.54, 1.807) is 12.4 Å². The second-order valence-electron chi connectivity index (χ2n) is 7.78. The van der Waals surface area contributed by atoms with E-state index in [1.165, 1.54) is 50.3 Å². The standard InChI is InChI=1S/C21H28N4O2S/c26-19(15-28-21-24-23-20(27-21)16-11-13-22-14-12-16)25(17-7-3-1-4-8-17)18-9-5-2-6-10-18/h11-14,17-18H,1-10,15H2. The van der Waals surface area contributed by atoms with Gasteiger partial charge in [0, 0.05) is 30.0 Å². The van der Waals surface area contributed by atoms with Gasteiger partial charge < -0.3 is 9.32 Å². The molecule has 2 aromatic heterocycles. The fourth-order valence-corrected chi connectivity index (χ4v) is 5.13. The van der Waals surface area contributed by atoms with Crippen molar-refractivity contribution in [2.75, 3.05) is 5.75 Å². The molecule has 150 valence electrons. The molecule has 0 N–H and O–H groups in total. The maximum atomic E-state index is 13.2. The Kier molecular flexibility index (Phi) is 6.62. The molecule has 0 spiro atoms. The van der Waals surface area contributed by atoms with Crippen LogP contribution in [0.1, 0.15) is 64.2 Å². The summed E-state index contributed by atoms with van der Waals surface area (Å²) in [7, 11) is 0. The van der Waals surface area contributed by atoms with E-state index in [1.807, 2.05) is 12.1 Å². The molecule has 2 aromatic rings. The number of pyridine rings is 1. The molecule has 0 bridgehead atoms.